The van der Waals surface area contributed by atoms with E-state index < -0.39 is 9.84 Å². The summed E-state index contributed by atoms with van der Waals surface area (Å²) in [6, 6.07) is 12.5. The molecule has 0 spiro atoms. The van der Waals surface area contributed by atoms with Crippen molar-refractivity contribution >= 4 is 15.5 Å². The van der Waals surface area contributed by atoms with E-state index in [9.17, 15) is 8.42 Å². The monoisotopic (exact) mass is 372 g/mol. The fraction of sp³-hybridized carbons (Fsp3) is 0.400. The van der Waals surface area contributed by atoms with Gasteiger partial charge >= 0.3 is 0 Å². The van der Waals surface area contributed by atoms with Gasteiger partial charge in [-0.25, -0.2) is 8.42 Å². The van der Waals surface area contributed by atoms with E-state index >= 15 is 0 Å². The molecular formula is C20H24N2O3S. The summed E-state index contributed by atoms with van der Waals surface area (Å²) in [4.78, 5) is 2.96. The molecule has 0 unspecified atom stereocenters. The van der Waals surface area contributed by atoms with Crippen LogP contribution in [0, 0.1) is 0 Å². The highest BCUT2D eigenvalue weighted by molar-refractivity contribution is 7.91. The Morgan fingerprint density at radius 2 is 1.85 bits per heavy atom. The second-order valence-electron chi connectivity index (χ2n) is 7.17. The highest BCUT2D eigenvalue weighted by Crippen LogP contribution is 2.42. The standard InChI is InChI=1S/C20H24N2O3S/c1-22-10-8-17-18-13-16(6-7-19(18)21-20(17)9-11-22)26(23,24)15-5-3-4-14(12-15)25-2/h3-7,12-13,17,20-21H,8-11H2,1-2H3/t17-,20-/m0/s1. The Balaban J connectivity index is 1.71. The van der Waals surface area contributed by atoms with Crippen molar-refractivity contribution in [3.63, 3.8) is 0 Å². The van der Waals surface area contributed by atoms with Gasteiger partial charge in [0.15, 0.2) is 0 Å². The first-order valence-corrected chi connectivity index (χ1v) is 10.5. The van der Waals surface area contributed by atoms with Gasteiger partial charge in [0.05, 0.1) is 16.9 Å². The molecule has 2 atom stereocenters. The Hall–Kier alpha value is -2.05. The molecule has 2 aromatic carbocycles. The molecule has 138 valence electrons. The predicted octanol–water partition coefficient (Wildman–Crippen LogP) is 3.13. The molecule has 5 nitrogen and oxygen atoms in total. The van der Waals surface area contributed by atoms with E-state index in [0.717, 1.165) is 37.2 Å². The summed E-state index contributed by atoms with van der Waals surface area (Å²) in [6.45, 7) is 2.10. The van der Waals surface area contributed by atoms with E-state index in [2.05, 4.69) is 17.3 Å². The number of likely N-dealkylation sites (tertiary alicyclic amines) is 1. The highest BCUT2D eigenvalue weighted by Gasteiger charge is 2.35. The molecule has 4 rings (SSSR count). The number of benzene rings is 2. The van der Waals surface area contributed by atoms with Crippen LogP contribution in [0.3, 0.4) is 0 Å². The Morgan fingerprint density at radius 3 is 2.65 bits per heavy atom. The van der Waals surface area contributed by atoms with Gasteiger partial charge in [-0.1, -0.05) is 6.07 Å². The first kappa shape index (κ1) is 17.4. The number of ether oxygens (including phenoxy) is 1. The summed E-state index contributed by atoms with van der Waals surface area (Å²) < 4.78 is 31.4. The van der Waals surface area contributed by atoms with Gasteiger partial charge in [0.25, 0.3) is 0 Å². The van der Waals surface area contributed by atoms with E-state index in [0.29, 0.717) is 22.6 Å². The van der Waals surface area contributed by atoms with E-state index in [1.54, 1.807) is 30.3 Å². The maximum Gasteiger partial charge on any atom is 0.206 e. The van der Waals surface area contributed by atoms with Crippen LogP contribution in [0.5, 0.6) is 5.75 Å². The number of nitrogens with one attached hydrogen (secondary N) is 1. The molecule has 26 heavy (non-hydrogen) atoms. The number of hydrogen-bond acceptors (Lipinski definition) is 5. The molecule has 2 heterocycles. The first-order chi connectivity index (χ1) is 12.5. The molecule has 0 amide bonds. The fourth-order valence-electron chi connectivity index (χ4n) is 4.03. The van der Waals surface area contributed by atoms with Crippen molar-refractivity contribution < 1.29 is 13.2 Å². The van der Waals surface area contributed by atoms with Crippen molar-refractivity contribution in [2.45, 2.75) is 34.6 Å². The second-order valence-corrected chi connectivity index (χ2v) is 9.12. The average molecular weight is 372 g/mol. The molecule has 0 radical (unpaired) electrons. The second kappa shape index (κ2) is 6.59. The summed E-state index contributed by atoms with van der Waals surface area (Å²) in [7, 11) is 0.113. The van der Waals surface area contributed by atoms with Crippen LogP contribution in [-0.2, 0) is 9.84 Å². The molecule has 1 saturated heterocycles. The van der Waals surface area contributed by atoms with Gasteiger partial charge in [0, 0.05) is 17.6 Å². The van der Waals surface area contributed by atoms with Crippen molar-refractivity contribution in [3.05, 3.63) is 48.0 Å². The smallest absolute Gasteiger partial charge is 0.206 e. The zero-order chi connectivity index (χ0) is 18.3. The maximum atomic E-state index is 13.1. The number of methoxy groups -OCH3 is 1. The summed E-state index contributed by atoms with van der Waals surface area (Å²) in [5.41, 5.74) is 2.21. The van der Waals surface area contributed by atoms with Crippen molar-refractivity contribution in [1.29, 1.82) is 0 Å². The molecule has 2 aliphatic rings. The van der Waals surface area contributed by atoms with E-state index in [4.69, 9.17) is 4.74 Å². The van der Waals surface area contributed by atoms with Crippen molar-refractivity contribution in [3.8, 4) is 5.75 Å². The van der Waals surface area contributed by atoms with Gasteiger partial charge in [0.1, 0.15) is 5.75 Å². The quantitative estimate of drug-likeness (QED) is 0.897. The lowest BCUT2D eigenvalue weighted by Gasteiger charge is -2.16. The van der Waals surface area contributed by atoms with Crippen LogP contribution in [0.4, 0.5) is 5.69 Å². The number of rotatable bonds is 3. The largest absolute Gasteiger partial charge is 0.497 e. The van der Waals surface area contributed by atoms with Crippen LogP contribution >= 0.6 is 0 Å². The molecular weight excluding hydrogens is 348 g/mol. The molecule has 0 bridgehead atoms. The Bertz CT molecular complexity index is 926. The van der Waals surface area contributed by atoms with Gasteiger partial charge in [-0.2, -0.15) is 0 Å². The zero-order valence-corrected chi connectivity index (χ0v) is 15.9. The molecule has 1 fully saturated rings. The van der Waals surface area contributed by atoms with E-state index in [1.165, 1.54) is 7.11 Å². The maximum absolute atomic E-state index is 13.1. The normalized spacial score (nSPS) is 22.8. The third-order valence-corrected chi connectivity index (χ3v) is 7.30. The minimum atomic E-state index is -3.57. The molecule has 0 aliphatic carbocycles. The van der Waals surface area contributed by atoms with Crippen LogP contribution < -0.4 is 10.1 Å². The SMILES string of the molecule is COc1cccc(S(=O)(=O)c2ccc3c(c2)[C@@H]2CCN(C)CC[C@@H]2N3)c1. The third-order valence-electron chi connectivity index (χ3n) is 5.55. The summed E-state index contributed by atoms with van der Waals surface area (Å²) >= 11 is 0. The summed E-state index contributed by atoms with van der Waals surface area (Å²) in [5, 5.41) is 3.59. The fourth-order valence-corrected chi connectivity index (χ4v) is 5.36. The molecule has 1 N–H and O–H groups in total. The molecule has 6 heteroatoms. The minimum Gasteiger partial charge on any atom is -0.497 e. The minimum absolute atomic E-state index is 0.264. The van der Waals surface area contributed by atoms with Gasteiger partial charge in [-0.05, 0) is 74.9 Å². The molecule has 2 aromatic rings. The van der Waals surface area contributed by atoms with Crippen molar-refractivity contribution in [1.82, 2.24) is 4.90 Å². The molecule has 0 saturated carbocycles. The highest BCUT2D eigenvalue weighted by atomic mass is 32.2. The van der Waals surface area contributed by atoms with Crippen molar-refractivity contribution in [2.75, 3.05) is 32.6 Å². The number of nitrogens with zero attached hydrogens (tertiary/aromatic N) is 1. The van der Waals surface area contributed by atoms with Crippen LogP contribution in [0.1, 0.15) is 24.3 Å². The average Bonchev–Trinajstić information content (AvgIpc) is 2.90. The lowest BCUT2D eigenvalue weighted by Crippen LogP contribution is -2.22. The van der Waals surface area contributed by atoms with Gasteiger partial charge in [-0.3, -0.25) is 0 Å². The molecule has 2 aliphatic heterocycles. The number of sulfone groups is 1. The van der Waals surface area contributed by atoms with Crippen LogP contribution in [0.15, 0.2) is 52.3 Å². The Kier molecular flexibility index (Phi) is 4.40. The summed E-state index contributed by atoms with van der Waals surface area (Å²) in [6.07, 6.45) is 2.12. The van der Waals surface area contributed by atoms with Crippen molar-refractivity contribution in [2.24, 2.45) is 0 Å². The zero-order valence-electron chi connectivity index (χ0n) is 15.1. The molecule has 0 aromatic heterocycles. The van der Waals surface area contributed by atoms with Gasteiger partial charge in [0.2, 0.25) is 9.84 Å². The number of fused-ring (bicyclic) bond motifs is 3. The Morgan fingerprint density at radius 1 is 1.08 bits per heavy atom. The lowest BCUT2D eigenvalue weighted by atomic mass is 9.91. The summed E-state index contributed by atoms with van der Waals surface area (Å²) in [5.74, 6) is 0.913. The predicted molar refractivity (Wildman–Crippen MR) is 102 cm³/mol. The Labute approximate surface area is 154 Å². The van der Waals surface area contributed by atoms with Gasteiger partial charge in [-0.15, -0.1) is 0 Å². The van der Waals surface area contributed by atoms with E-state index in [1.807, 2.05) is 12.1 Å². The third kappa shape index (κ3) is 2.97. The van der Waals surface area contributed by atoms with Crippen LogP contribution in [0.2, 0.25) is 0 Å². The van der Waals surface area contributed by atoms with Crippen LogP contribution in [-0.4, -0.2) is 46.6 Å². The van der Waals surface area contributed by atoms with Crippen LogP contribution in [0.25, 0.3) is 0 Å². The lowest BCUT2D eigenvalue weighted by molar-refractivity contribution is 0.346. The number of hydrogen-bond donors (Lipinski definition) is 1. The topological polar surface area (TPSA) is 58.6 Å². The number of anilines is 1. The van der Waals surface area contributed by atoms with Gasteiger partial charge < -0.3 is 15.0 Å². The van der Waals surface area contributed by atoms with E-state index in [-0.39, 0.29) is 4.90 Å². The first-order valence-electron chi connectivity index (χ1n) is 8.97.